The van der Waals surface area contributed by atoms with Gasteiger partial charge in [0.05, 0.1) is 0 Å². The topological polar surface area (TPSA) is 26.0 Å². The summed E-state index contributed by atoms with van der Waals surface area (Å²) in [5.41, 5.74) is 8.64. The molecule has 0 radical (unpaired) electrons. The number of halogens is 1. The van der Waals surface area contributed by atoms with Crippen LogP contribution in [0.4, 0.5) is 0 Å². The van der Waals surface area contributed by atoms with Gasteiger partial charge in [-0.2, -0.15) is 0 Å². The molecule has 1 atom stereocenters. The van der Waals surface area contributed by atoms with Crippen LogP contribution in [0.1, 0.15) is 26.7 Å². The zero-order chi connectivity index (χ0) is 10.2. The van der Waals surface area contributed by atoms with Gasteiger partial charge >= 0.3 is 96.5 Å². The van der Waals surface area contributed by atoms with Crippen LogP contribution in [0.25, 0.3) is 0 Å². The Morgan fingerprint density at radius 1 is 1.43 bits per heavy atom. The van der Waals surface area contributed by atoms with Gasteiger partial charge in [0.25, 0.3) is 0 Å². The first-order valence-corrected chi connectivity index (χ1v) is 7.69. The Morgan fingerprint density at radius 3 is 3.00 bits per heavy atom. The van der Waals surface area contributed by atoms with E-state index >= 15 is 0 Å². The van der Waals surface area contributed by atoms with E-state index in [1.807, 2.05) is 0 Å². The van der Waals surface area contributed by atoms with Gasteiger partial charge in [-0.15, -0.1) is 0 Å². The Labute approximate surface area is 96.4 Å². The predicted octanol–water partition coefficient (Wildman–Crippen LogP) is -0.438. The predicted molar refractivity (Wildman–Crippen MR) is 56.3 cm³/mol. The van der Waals surface area contributed by atoms with Gasteiger partial charge in [0.2, 0.25) is 0 Å². The third-order valence-corrected chi connectivity index (χ3v) is 7.06. The van der Waals surface area contributed by atoms with Crippen LogP contribution >= 0.6 is 0 Å². The van der Waals surface area contributed by atoms with Gasteiger partial charge in [0.1, 0.15) is 0 Å². The Hall–Kier alpha value is -0.250. The molecule has 0 aromatic rings. The van der Waals surface area contributed by atoms with Crippen LogP contribution in [0, 0.1) is 5.41 Å². The fourth-order valence-corrected chi connectivity index (χ4v) is 5.64. The van der Waals surface area contributed by atoms with Crippen molar-refractivity contribution in [2.24, 2.45) is 11.1 Å². The van der Waals surface area contributed by atoms with E-state index in [9.17, 15) is 0 Å². The van der Waals surface area contributed by atoms with Gasteiger partial charge in [-0.25, -0.2) is 0 Å². The molecule has 0 saturated carbocycles. The SMILES string of the molecule is CC1=C2[I-]CCCC2(C)C=C(N)C=C1. The second-order valence-electron chi connectivity index (χ2n) is 4.32. The van der Waals surface area contributed by atoms with Crippen molar-refractivity contribution in [1.29, 1.82) is 0 Å². The molecular formula is C12H17IN-. The molecule has 0 aromatic heterocycles. The number of alkyl halides is 1. The molecule has 0 bridgehead atoms. The molecule has 1 fully saturated rings. The first-order chi connectivity index (χ1) is 6.62. The molecule has 1 saturated heterocycles. The molecule has 1 nitrogen and oxygen atoms in total. The van der Waals surface area contributed by atoms with E-state index < -0.39 is 0 Å². The van der Waals surface area contributed by atoms with Gasteiger partial charge in [-0.1, -0.05) is 0 Å². The number of nitrogens with two attached hydrogens (primary N) is 1. The minimum atomic E-state index is 0.255. The molecule has 1 heterocycles. The minimum absolute atomic E-state index is 0.255. The number of allylic oxidation sites excluding steroid dienone is 5. The van der Waals surface area contributed by atoms with Crippen LogP contribution in [0.2, 0.25) is 0 Å². The fourth-order valence-electron chi connectivity index (χ4n) is 2.26. The molecule has 1 aliphatic carbocycles. The first-order valence-electron chi connectivity index (χ1n) is 5.09. The number of fused-ring (bicyclic) bond motifs is 1. The summed E-state index contributed by atoms with van der Waals surface area (Å²) in [6, 6.07) is 0. The second kappa shape index (κ2) is 3.72. The summed E-state index contributed by atoms with van der Waals surface area (Å²) in [6.07, 6.45) is 9.17. The van der Waals surface area contributed by atoms with Crippen LogP contribution in [-0.2, 0) is 0 Å². The van der Waals surface area contributed by atoms with Crippen molar-refractivity contribution >= 4 is 0 Å². The van der Waals surface area contributed by atoms with Crippen molar-refractivity contribution in [3.8, 4) is 0 Å². The van der Waals surface area contributed by atoms with Crippen molar-refractivity contribution < 1.29 is 21.2 Å². The van der Waals surface area contributed by atoms with Crippen molar-refractivity contribution in [2.45, 2.75) is 26.7 Å². The molecule has 2 heteroatoms. The summed E-state index contributed by atoms with van der Waals surface area (Å²) in [5.74, 6) is 0. The number of hydrogen-bond acceptors (Lipinski definition) is 1. The molecule has 14 heavy (non-hydrogen) atoms. The van der Waals surface area contributed by atoms with E-state index in [-0.39, 0.29) is 26.6 Å². The van der Waals surface area contributed by atoms with Crippen molar-refractivity contribution in [2.75, 3.05) is 4.43 Å². The van der Waals surface area contributed by atoms with Crippen LogP contribution < -0.4 is 26.9 Å². The summed E-state index contributed by atoms with van der Waals surface area (Å²) < 4.78 is 3.15. The number of hydrogen-bond donors (Lipinski definition) is 1. The summed E-state index contributed by atoms with van der Waals surface area (Å²) in [7, 11) is 0. The summed E-state index contributed by atoms with van der Waals surface area (Å²) in [4.78, 5) is 0. The van der Waals surface area contributed by atoms with Gasteiger partial charge in [0.15, 0.2) is 0 Å². The van der Waals surface area contributed by atoms with E-state index in [0.29, 0.717) is 0 Å². The standard InChI is InChI=1S/C12H17IN/c1-9-4-5-10(14)8-12(2)6-3-7-13-11(9)12/h4-5,8H,3,6-7,14H2,1-2H3/q-1. The summed E-state index contributed by atoms with van der Waals surface area (Å²) in [6.45, 7) is 4.59. The molecule has 2 rings (SSSR count). The average molecular weight is 302 g/mol. The van der Waals surface area contributed by atoms with Crippen LogP contribution in [0.3, 0.4) is 0 Å². The molecular weight excluding hydrogens is 285 g/mol. The Bertz CT molecular complexity index is 338. The zero-order valence-corrected chi connectivity index (χ0v) is 11.0. The van der Waals surface area contributed by atoms with Crippen LogP contribution in [0.15, 0.2) is 33.1 Å². The van der Waals surface area contributed by atoms with Crippen molar-refractivity contribution in [1.82, 2.24) is 0 Å². The second-order valence-corrected chi connectivity index (χ2v) is 7.24. The van der Waals surface area contributed by atoms with E-state index in [1.165, 1.54) is 22.8 Å². The molecule has 0 aromatic carbocycles. The van der Waals surface area contributed by atoms with Crippen molar-refractivity contribution in [3.63, 3.8) is 0 Å². The van der Waals surface area contributed by atoms with Gasteiger partial charge in [-0.3, -0.25) is 0 Å². The maximum absolute atomic E-state index is 5.95. The normalized spacial score (nSPS) is 32.9. The first kappa shape index (κ1) is 10.3. The molecule has 78 valence electrons. The fraction of sp³-hybridized carbons (Fsp3) is 0.500. The van der Waals surface area contributed by atoms with Gasteiger partial charge < -0.3 is 0 Å². The van der Waals surface area contributed by atoms with Gasteiger partial charge in [0, 0.05) is 0 Å². The van der Waals surface area contributed by atoms with Crippen LogP contribution in [-0.4, -0.2) is 4.43 Å². The molecule has 2 aliphatic rings. The molecule has 0 spiro atoms. The molecule has 0 amide bonds. The van der Waals surface area contributed by atoms with Crippen LogP contribution in [0.5, 0.6) is 0 Å². The molecule has 1 aliphatic heterocycles. The Kier molecular flexibility index (Phi) is 2.73. The Balaban J connectivity index is 2.48. The summed E-state index contributed by atoms with van der Waals surface area (Å²) >= 11 is 0.255. The Morgan fingerprint density at radius 2 is 2.21 bits per heavy atom. The van der Waals surface area contributed by atoms with E-state index in [2.05, 4.69) is 32.1 Å². The quantitative estimate of drug-likeness (QED) is 0.477. The van der Waals surface area contributed by atoms with E-state index in [4.69, 9.17) is 5.73 Å². The van der Waals surface area contributed by atoms with E-state index in [1.54, 1.807) is 3.58 Å². The number of rotatable bonds is 0. The van der Waals surface area contributed by atoms with E-state index in [0.717, 1.165) is 5.70 Å². The zero-order valence-electron chi connectivity index (χ0n) is 8.81. The van der Waals surface area contributed by atoms with Gasteiger partial charge in [-0.05, 0) is 0 Å². The third kappa shape index (κ3) is 1.76. The molecule has 1 unspecified atom stereocenters. The maximum atomic E-state index is 5.95. The van der Waals surface area contributed by atoms with Crippen molar-refractivity contribution in [3.05, 3.63) is 33.1 Å². The summed E-state index contributed by atoms with van der Waals surface area (Å²) in [5, 5.41) is 0. The third-order valence-electron chi connectivity index (χ3n) is 2.92. The molecule has 2 N–H and O–H groups in total. The monoisotopic (exact) mass is 302 g/mol. The average Bonchev–Trinajstić information content (AvgIpc) is 2.24.